The van der Waals surface area contributed by atoms with E-state index < -0.39 is 0 Å². The summed E-state index contributed by atoms with van der Waals surface area (Å²) in [6.07, 6.45) is 0. The lowest BCUT2D eigenvalue weighted by atomic mass is 10.2. The second-order valence-electron chi connectivity index (χ2n) is 3.32. The van der Waals surface area contributed by atoms with Crippen molar-refractivity contribution in [2.75, 3.05) is 18.5 Å². The number of benzene rings is 1. The third-order valence-electron chi connectivity index (χ3n) is 2.25. The molecule has 2 rings (SSSR count). The lowest BCUT2D eigenvalue weighted by Gasteiger charge is -2.16. The van der Waals surface area contributed by atoms with Crippen LogP contribution in [0.15, 0.2) is 30.3 Å². The van der Waals surface area contributed by atoms with Gasteiger partial charge in [-0.2, -0.15) is 0 Å². The van der Waals surface area contributed by atoms with Crippen molar-refractivity contribution < 1.29 is 4.74 Å². The molecule has 0 unspecified atom stereocenters. The summed E-state index contributed by atoms with van der Waals surface area (Å²) < 4.78 is 5.25. The van der Waals surface area contributed by atoms with Crippen LogP contribution >= 0.6 is 0 Å². The monoisotopic (exact) mass is 178 g/mol. The lowest BCUT2D eigenvalue weighted by Crippen LogP contribution is -2.38. The molecule has 1 saturated heterocycles. The Hall–Kier alpha value is -1.06. The molecule has 0 radical (unpaired) electrons. The molecule has 1 fully saturated rings. The Morgan fingerprint density at radius 1 is 1.23 bits per heavy atom. The highest BCUT2D eigenvalue weighted by Crippen LogP contribution is 2.12. The first kappa shape index (κ1) is 8.53. The summed E-state index contributed by atoms with van der Waals surface area (Å²) in [5, 5.41) is 3.34. The fourth-order valence-corrected chi connectivity index (χ4v) is 1.47. The molecule has 0 aliphatic carbocycles. The van der Waals surface area contributed by atoms with Crippen LogP contribution in [0.2, 0.25) is 0 Å². The fraction of sp³-hybridized carbons (Fsp3) is 0.400. The van der Waals surface area contributed by atoms with Crippen LogP contribution in [0.5, 0.6) is 0 Å². The van der Waals surface area contributed by atoms with Gasteiger partial charge in [-0.05, 0) is 12.1 Å². The van der Waals surface area contributed by atoms with Gasteiger partial charge >= 0.3 is 0 Å². The molecule has 1 heterocycles. The maximum absolute atomic E-state index is 5.84. The first-order valence-electron chi connectivity index (χ1n) is 4.51. The zero-order valence-corrected chi connectivity index (χ0v) is 7.44. The highest BCUT2D eigenvalue weighted by atomic mass is 16.5. The predicted molar refractivity (Wildman–Crippen MR) is 52.6 cm³/mol. The van der Waals surface area contributed by atoms with Gasteiger partial charge in [-0.15, -0.1) is 0 Å². The molecular weight excluding hydrogens is 164 g/mol. The number of hydrogen-bond donors (Lipinski definition) is 2. The number of hydrogen-bond acceptors (Lipinski definition) is 3. The highest BCUT2D eigenvalue weighted by molar-refractivity contribution is 5.44. The largest absolute Gasteiger partial charge is 0.378 e. The number of nitrogens with two attached hydrogens (primary N) is 1. The van der Waals surface area contributed by atoms with Gasteiger partial charge in [0, 0.05) is 5.69 Å². The van der Waals surface area contributed by atoms with Gasteiger partial charge in [-0.1, -0.05) is 18.2 Å². The molecule has 13 heavy (non-hydrogen) atoms. The van der Waals surface area contributed by atoms with Gasteiger partial charge in [-0.3, -0.25) is 0 Å². The average molecular weight is 178 g/mol. The van der Waals surface area contributed by atoms with E-state index in [1.54, 1.807) is 0 Å². The van der Waals surface area contributed by atoms with Crippen molar-refractivity contribution in [2.24, 2.45) is 5.73 Å². The Bertz CT molecular complexity index is 263. The zero-order valence-electron chi connectivity index (χ0n) is 7.44. The Morgan fingerprint density at radius 3 is 2.62 bits per heavy atom. The summed E-state index contributed by atoms with van der Waals surface area (Å²) in [4.78, 5) is 0. The van der Waals surface area contributed by atoms with E-state index in [2.05, 4.69) is 5.32 Å². The van der Waals surface area contributed by atoms with Crippen LogP contribution in [0, 0.1) is 0 Å². The molecule has 3 heteroatoms. The summed E-state index contributed by atoms with van der Waals surface area (Å²) in [6, 6.07) is 10.4. The third kappa shape index (κ3) is 1.99. The number of anilines is 1. The minimum atomic E-state index is 0.111. The minimum absolute atomic E-state index is 0.111. The molecule has 0 bridgehead atoms. The molecule has 3 nitrogen and oxygen atoms in total. The van der Waals surface area contributed by atoms with Crippen LogP contribution in [0.3, 0.4) is 0 Å². The molecule has 1 aromatic carbocycles. The highest BCUT2D eigenvalue weighted by Gasteiger charge is 2.24. The average Bonchev–Trinajstić information content (AvgIpc) is 2.54. The van der Waals surface area contributed by atoms with E-state index in [4.69, 9.17) is 10.5 Å². The topological polar surface area (TPSA) is 47.3 Å². The van der Waals surface area contributed by atoms with Crippen LogP contribution in [-0.2, 0) is 4.74 Å². The van der Waals surface area contributed by atoms with Gasteiger partial charge in [0.2, 0.25) is 0 Å². The van der Waals surface area contributed by atoms with E-state index in [1.165, 1.54) is 0 Å². The van der Waals surface area contributed by atoms with E-state index >= 15 is 0 Å². The van der Waals surface area contributed by atoms with E-state index in [9.17, 15) is 0 Å². The normalized spacial score (nSPS) is 27.5. The van der Waals surface area contributed by atoms with Gasteiger partial charge in [-0.25, -0.2) is 0 Å². The summed E-state index contributed by atoms with van der Waals surface area (Å²) in [6.45, 7) is 1.36. The van der Waals surface area contributed by atoms with Crippen LogP contribution in [0.4, 0.5) is 5.69 Å². The van der Waals surface area contributed by atoms with Gasteiger partial charge in [0.25, 0.3) is 0 Å². The number of ether oxygens (including phenoxy) is 1. The van der Waals surface area contributed by atoms with Gasteiger partial charge in [0.15, 0.2) is 0 Å². The zero-order chi connectivity index (χ0) is 9.10. The first-order valence-corrected chi connectivity index (χ1v) is 4.51. The first-order chi connectivity index (χ1) is 6.36. The molecule has 2 atom stereocenters. The second kappa shape index (κ2) is 3.77. The Morgan fingerprint density at radius 2 is 2.00 bits per heavy atom. The molecule has 0 saturated carbocycles. The number of para-hydroxylation sites is 1. The van der Waals surface area contributed by atoms with E-state index in [-0.39, 0.29) is 12.1 Å². The van der Waals surface area contributed by atoms with Crippen LogP contribution in [-0.4, -0.2) is 25.3 Å². The maximum Gasteiger partial charge on any atom is 0.0684 e. The molecule has 1 aromatic rings. The van der Waals surface area contributed by atoms with Crippen molar-refractivity contribution in [3.05, 3.63) is 30.3 Å². The SMILES string of the molecule is N[C@H]1COC[C@@H]1Nc1ccccc1. The smallest absolute Gasteiger partial charge is 0.0684 e. The van der Waals surface area contributed by atoms with Crippen molar-refractivity contribution in [2.45, 2.75) is 12.1 Å². The molecule has 0 spiro atoms. The van der Waals surface area contributed by atoms with Gasteiger partial charge in [0.1, 0.15) is 0 Å². The summed E-state index contributed by atoms with van der Waals surface area (Å²) >= 11 is 0. The van der Waals surface area contributed by atoms with Crippen molar-refractivity contribution in [3.8, 4) is 0 Å². The third-order valence-corrected chi connectivity index (χ3v) is 2.25. The van der Waals surface area contributed by atoms with Crippen molar-refractivity contribution >= 4 is 5.69 Å². The summed E-state index contributed by atoms with van der Waals surface area (Å²) in [5.41, 5.74) is 6.94. The fourth-order valence-electron chi connectivity index (χ4n) is 1.47. The van der Waals surface area contributed by atoms with Crippen molar-refractivity contribution in [1.82, 2.24) is 0 Å². The molecule has 1 aliphatic rings. The second-order valence-corrected chi connectivity index (χ2v) is 3.32. The van der Waals surface area contributed by atoms with Crippen LogP contribution < -0.4 is 11.1 Å². The van der Waals surface area contributed by atoms with Gasteiger partial charge in [0.05, 0.1) is 25.3 Å². The summed E-state index contributed by atoms with van der Waals surface area (Å²) in [7, 11) is 0. The van der Waals surface area contributed by atoms with Crippen LogP contribution in [0.25, 0.3) is 0 Å². The summed E-state index contributed by atoms with van der Waals surface area (Å²) in [5.74, 6) is 0. The van der Waals surface area contributed by atoms with Crippen molar-refractivity contribution in [3.63, 3.8) is 0 Å². The molecule has 70 valence electrons. The molecule has 0 aromatic heterocycles. The molecular formula is C10H14N2O. The lowest BCUT2D eigenvalue weighted by molar-refractivity contribution is 0.192. The maximum atomic E-state index is 5.84. The van der Waals surface area contributed by atoms with Gasteiger partial charge < -0.3 is 15.8 Å². The standard InChI is InChI=1S/C10H14N2O/c11-9-6-13-7-10(9)12-8-4-2-1-3-5-8/h1-5,9-10,12H,6-7,11H2/t9-,10-/m0/s1. The number of nitrogens with one attached hydrogen (secondary N) is 1. The molecule has 0 amide bonds. The van der Waals surface area contributed by atoms with Crippen LogP contribution in [0.1, 0.15) is 0 Å². The number of rotatable bonds is 2. The predicted octanol–water partition coefficient (Wildman–Crippen LogP) is 0.825. The van der Waals surface area contributed by atoms with Crippen molar-refractivity contribution in [1.29, 1.82) is 0 Å². The Labute approximate surface area is 77.9 Å². The van der Waals surface area contributed by atoms with E-state index in [1.807, 2.05) is 30.3 Å². The molecule has 1 aliphatic heterocycles. The quantitative estimate of drug-likeness (QED) is 0.705. The minimum Gasteiger partial charge on any atom is -0.378 e. The van der Waals surface area contributed by atoms with E-state index in [0.29, 0.717) is 13.2 Å². The Balaban J connectivity index is 1.98. The Kier molecular flexibility index (Phi) is 2.47. The molecule has 3 N–H and O–H groups in total. The van der Waals surface area contributed by atoms with E-state index in [0.717, 1.165) is 5.69 Å².